The molecule has 0 bridgehead atoms. The summed E-state index contributed by atoms with van der Waals surface area (Å²) in [4.78, 5) is 25.1. The highest BCUT2D eigenvalue weighted by molar-refractivity contribution is 5.94. The highest BCUT2D eigenvalue weighted by atomic mass is 16.1. The Hall–Kier alpha value is -3.80. The molecule has 0 saturated carbocycles. The van der Waals surface area contributed by atoms with Crippen LogP contribution in [0.25, 0.3) is 10.9 Å². The summed E-state index contributed by atoms with van der Waals surface area (Å²) in [5.74, 6) is 0.286. The fourth-order valence-electron chi connectivity index (χ4n) is 2.76. The summed E-state index contributed by atoms with van der Waals surface area (Å²) >= 11 is 0. The molecule has 0 unspecified atom stereocenters. The Morgan fingerprint density at radius 1 is 0.889 bits per heavy atom. The van der Waals surface area contributed by atoms with Gasteiger partial charge in [-0.3, -0.25) is 9.78 Å². The zero-order valence-corrected chi connectivity index (χ0v) is 14.5. The van der Waals surface area contributed by atoms with Crippen molar-refractivity contribution in [2.75, 3.05) is 5.32 Å². The molecule has 2 aromatic carbocycles. The molecule has 0 radical (unpaired) electrons. The van der Waals surface area contributed by atoms with Gasteiger partial charge in [0.25, 0.3) is 5.91 Å². The summed E-state index contributed by atoms with van der Waals surface area (Å²) in [6.45, 7) is 0.444. The van der Waals surface area contributed by atoms with Gasteiger partial charge in [-0.25, -0.2) is 9.97 Å². The lowest BCUT2D eigenvalue weighted by atomic mass is 10.2. The maximum Gasteiger partial charge on any atom is 0.270 e. The highest BCUT2D eigenvalue weighted by Gasteiger charge is 2.10. The lowest BCUT2D eigenvalue weighted by Gasteiger charge is -2.09. The minimum atomic E-state index is -0.250. The predicted octanol–water partition coefficient (Wildman–Crippen LogP) is 3.70. The van der Waals surface area contributed by atoms with E-state index >= 15 is 0 Å². The first kappa shape index (κ1) is 16.7. The third-order valence-corrected chi connectivity index (χ3v) is 4.09. The molecule has 4 rings (SSSR count). The third kappa shape index (κ3) is 3.90. The zero-order valence-electron chi connectivity index (χ0n) is 14.5. The standard InChI is InChI=1S/C21H17N5O/c27-21(23-13-15-6-2-1-3-7-15)18-12-19(25-14-24-18)26-17-10-4-8-16-9-5-11-22-20(16)17/h1-12,14H,13H2,(H,23,27)(H,24,25,26). The van der Waals surface area contributed by atoms with E-state index in [-0.39, 0.29) is 5.91 Å². The maximum atomic E-state index is 12.4. The van der Waals surface area contributed by atoms with Crippen molar-refractivity contribution in [2.24, 2.45) is 0 Å². The van der Waals surface area contributed by atoms with Crippen LogP contribution in [0.4, 0.5) is 11.5 Å². The Kier molecular flexibility index (Phi) is 4.70. The van der Waals surface area contributed by atoms with E-state index in [1.54, 1.807) is 12.3 Å². The minimum absolute atomic E-state index is 0.250. The molecule has 0 aliphatic heterocycles. The van der Waals surface area contributed by atoms with E-state index in [4.69, 9.17) is 0 Å². The summed E-state index contributed by atoms with van der Waals surface area (Å²) in [5, 5.41) is 7.11. The van der Waals surface area contributed by atoms with Crippen molar-refractivity contribution < 1.29 is 4.79 Å². The quantitative estimate of drug-likeness (QED) is 0.571. The molecule has 0 aliphatic rings. The van der Waals surface area contributed by atoms with Gasteiger partial charge >= 0.3 is 0 Å². The Morgan fingerprint density at radius 3 is 2.63 bits per heavy atom. The Morgan fingerprint density at radius 2 is 1.74 bits per heavy atom. The van der Waals surface area contributed by atoms with Crippen LogP contribution >= 0.6 is 0 Å². The number of para-hydroxylation sites is 1. The zero-order chi connectivity index (χ0) is 18.5. The van der Waals surface area contributed by atoms with Crippen LogP contribution in [0.5, 0.6) is 0 Å². The first-order valence-corrected chi connectivity index (χ1v) is 8.54. The topological polar surface area (TPSA) is 79.8 Å². The van der Waals surface area contributed by atoms with Gasteiger partial charge in [-0.2, -0.15) is 0 Å². The van der Waals surface area contributed by atoms with Crippen molar-refractivity contribution in [2.45, 2.75) is 6.54 Å². The summed E-state index contributed by atoms with van der Waals surface area (Å²) in [6, 6.07) is 21.1. The molecule has 0 spiro atoms. The highest BCUT2D eigenvalue weighted by Crippen LogP contribution is 2.23. The first-order valence-electron chi connectivity index (χ1n) is 8.54. The molecule has 132 valence electrons. The van der Waals surface area contributed by atoms with Gasteiger partial charge in [0, 0.05) is 24.2 Å². The van der Waals surface area contributed by atoms with Gasteiger partial charge in [-0.15, -0.1) is 0 Å². The molecular weight excluding hydrogens is 338 g/mol. The Balaban J connectivity index is 1.51. The Labute approximate surface area is 156 Å². The molecule has 0 atom stereocenters. The number of carbonyl (C=O) groups excluding carboxylic acids is 1. The number of nitrogens with one attached hydrogen (secondary N) is 2. The maximum absolute atomic E-state index is 12.4. The molecule has 6 nitrogen and oxygen atoms in total. The molecule has 0 aliphatic carbocycles. The van der Waals surface area contributed by atoms with E-state index in [0.29, 0.717) is 18.1 Å². The molecule has 2 N–H and O–H groups in total. The van der Waals surface area contributed by atoms with Gasteiger partial charge < -0.3 is 10.6 Å². The number of nitrogens with zero attached hydrogens (tertiary/aromatic N) is 3. The fraction of sp³-hybridized carbons (Fsp3) is 0.0476. The van der Waals surface area contributed by atoms with E-state index in [9.17, 15) is 4.79 Å². The number of anilines is 2. The number of aromatic nitrogens is 3. The molecule has 1 amide bonds. The molecule has 0 saturated heterocycles. The molecule has 6 heteroatoms. The number of amides is 1. The SMILES string of the molecule is O=C(NCc1ccccc1)c1cc(Nc2cccc3cccnc23)ncn1. The smallest absolute Gasteiger partial charge is 0.270 e. The number of benzene rings is 2. The number of carbonyl (C=O) groups is 1. The van der Waals surface area contributed by atoms with E-state index in [1.165, 1.54) is 6.33 Å². The van der Waals surface area contributed by atoms with Crippen molar-refractivity contribution in [1.82, 2.24) is 20.3 Å². The fourth-order valence-corrected chi connectivity index (χ4v) is 2.76. The van der Waals surface area contributed by atoms with Crippen LogP contribution in [0.3, 0.4) is 0 Å². The predicted molar refractivity (Wildman–Crippen MR) is 105 cm³/mol. The van der Waals surface area contributed by atoms with Crippen LogP contribution < -0.4 is 10.6 Å². The number of rotatable bonds is 5. The minimum Gasteiger partial charge on any atom is -0.347 e. The largest absolute Gasteiger partial charge is 0.347 e. The summed E-state index contributed by atoms with van der Waals surface area (Å²) in [5.41, 5.74) is 2.99. The summed E-state index contributed by atoms with van der Waals surface area (Å²) in [6.07, 6.45) is 3.12. The number of fused-ring (bicyclic) bond motifs is 1. The number of hydrogen-bond acceptors (Lipinski definition) is 5. The number of pyridine rings is 1. The van der Waals surface area contributed by atoms with Gasteiger partial charge in [0.05, 0.1) is 11.2 Å². The van der Waals surface area contributed by atoms with Crippen molar-refractivity contribution in [3.05, 3.63) is 90.5 Å². The number of hydrogen-bond donors (Lipinski definition) is 2. The van der Waals surface area contributed by atoms with Gasteiger partial charge in [0.1, 0.15) is 17.8 Å². The summed E-state index contributed by atoms with van der Waals surface area (Å²) < 4.78 is 0. The third-order valence-electron chi connectivity index (χ3n) is 4.09. The normalized spacial score (nSPS) is 10.5. The first-order chi connectivity index (χ1) is 13.3. The van der Waals surface area contributed by atoms with Crippen molar-refractivity contribution >= 4 is 28.3 Å². The van der Waals surface area contributed by atoms with Crippen molar-refractivity contribution in [1.29, 1.82) is 0 Å². The molecule has 2 heterocycles. The van der Waals surface area contributed by atoms with Gasteiger partial charge in [-0.1, -0.05) is 48.5 Å². The molecule has 0 fully saturated rings. The lowest BCUT2D eigenvalue weighted by Crippen LogP contribution is -2.24. The van der Waals surface area contributed by atoms with E-state index < -0.39 is 0 Å². The second-order valence-electron chi connectivity index (χ2n) is 5.96. The van der Waals surface area contributed by atoms with E-state index in [2.05, 4.69) is 25.6 Å². The molecule has 27 heavy (non-hydrogen) atoms. The van der Waals surface area contributed by atoms with Crippen molar-refractivity contribution in [3.63, 3.8) is 0 Å². The van der Waals surface area contributed by atoms with E-state index in [1.807, 2.05) is 60.7 Å². The van der Waals surface area contributed by atoms with Crippen LogP contribution in [0.15, 0.2) is 79.3 Å². The lowest BCUT2D eigenvalue weighted by molar-refractivity contribution is 0.0946. The average molecular weight is 355 g/mol. The Bertz CT molecular complexity index is 1080. The second-order valence-corrected chi connectivity index (χ2v) is 5.96. The average Bonchev–Trinajstić information content (AvgIpc) is 2.73. The summed E-state index contributed by atoms with van der Waals surface area (Å²) in [7, 11) is 0. The molecular formula is C21H17N5O. The van der Waals surface area contributed by atoms with Crippen LogP contribution in [-0.4, -0.2) is 20.9 Å². The monoisotopic (exact) mass is 355 g/mol. The van der Waals surface area contributed by atoms with E-state index in [0.717, 1.165) is 22.2 Å². The van der Waals surface area contributed by atoms with Gasteiger partial charge in [-0.05, 0) is 17.7 Å². The van der Waals surface area contributed by atoms with Crippen LogP contribution in [0.1, 0.15) is 16.1 Å². The van der Waals surface area contributed by atoms with Crippen LogP contribution in [0.2, 0.25) is 0 Å². The van der Waals surface area contributed by atoms with Crippen LogP contribution in [0, 0.1) is 0 Å². The molecule has 4 aromatic rings. The van der Waals surface area contributed by atoms with Crippen molar-refractivity contribution in [3.8, 4) is 0 Å². The van der Waals surface area contributed by atoms with Gasteiger partial charge in [0.2, 0.25) is 0 Å². The molecule has 2 aromatic heterocycles. The van der Waals surface area contributed by atoms with Crippen LogP contribution in [-0.2, 0) is 6.54 Å². The van der Waals surface area contributed by atoms with Gasteiger partial charge in [0.15, 0.2) is 0 Å². The second kappa shape index (κ2) is 7.61.